The van der Waals surface area contributed by atoms with Crippen LogP contribution in [-0.4, -0.2) is 20.7 Å². The van der Waals surface area contributed by atoms with Gasteiger partial charge < -0.3 is 9.88 Å². The molecule has 1 aromatic carbocycles. The number of aromatic nitrogens is 3. The summed E-state index contributed by atoms with van der Waals surface area (Å²) in [6.07, 6.45) is 1.58. The van der Waals surface area contributed by atoms with Crippen LogP contribution in [-0.2, 0) is 13.6 Å². The molecule has 0 spiro atoms. The van der Waals surface area contributed by atoms with E-state index in [1.807, 2.05) is 7.05 Å². The Morgan fingerprint density at radius 2 is 2.33 bits per heavy atom. The summed E-state index contributed by atoms with van der Waals surface area (Å²) in [6, 6.07) is 5.04. The van der Waals surface area contributed by atoms with Crippen LogP contribution in [0.2, 0.25) is 5.02 Å². The average Bonchev–Trinajstić information content (AvgIpc) is 2.75. The summed E-state index contributed by atoms with van der Waals surface area (Å²) in [7, 11) is 1.82. The van der Waals surface area contributed by atoms with Gasteiger partial charge >= 0.3 is 0 Å². The van der Waals surface area contributed by atoms with E-state index in [-0.39, 0.29) is 5.91 Å². The number of hydrogen-bond donors (Lipinski definition) is 1. The van der Waals surface area contributed by atoms with Crippen molar-refractivity contribution < 1.29 is 4.79 Å². The van der Waals surface area contributed by atoms with Gasteiger partial charge in [-0.05, 0) is 34.1 Å². The van der Waals surface area contributed by atoms with Gasteiger partial charge in [0.15, 0.2) is 5.82 Å². The van der Waals surface area contributed by atoms with Gasteiger partial charge in [-0.25, -0.2) is 0 Å². The van der Waals surface area contributed by atoms with Crippen LogP contribution in [0, 0.1) is 0 Å². The Kier molecular flexibility index (Phi) is 3.98. The van der Waals surface area contributed by atoms with E-state index in [0.29, 0.717) is 23.0 Å². The molecule has 0 aliphatic heterocycles. The summed E-state index contributed by atoms with van der Waals surface area (Å²) in [6.45, 7) is 0.322. The summed E-state index contributed by atoms with van der Waals surface area (Å²) in [5, 5.41) is 10.9. The molecule has 2 rings (SSSR count). The van der Waals surface area contributed by atoms with E-state index in [1.165, 1.54) is 0 Å². The highest BCUT2D eigenvalue weighted by Crippen LogP contribution is 2.23. The van der Waals surface area contributed by atoms with Gasteiger partial charge in [0.1, 0.15) is 6.33 Å². The minimum Gasteiger partial charge on any atom is -0.345 e. The van der Waals surface area contributed by atoms with Crippen LogP contribution < -0.4 is 5.32 Å². The number of nitrogens with zero attached hydrogens (tertiary/aromatic N) is 3. The van der Waals surface area contributed by atoms with Crippen molar-refractivity contribution in [1.29, 1.82) is 0 Å². The number of benzene rings is 1. The molecule has 5 nitrogen and oxygen atoms in total. The first kappa shape index (κ1) is 13.0. The van der Waals surface area contributed by atoms with E-state index in [2.05, 4.69) is 31.4 Å². The number of halogens is 2. The van der Waals surface area contributed by atoms with E-state index in [0.717, 1.165) is 4.47 Å². The summed E-state index contributed by atoms with van der Waals surface area (Å²) in [5.41, 5.74) is 0.505. The lowest BCUT2D eigenvalue weighted by molar-refractivity contribution is 0.0949. The summed E-state index contributed by atoms with van der Waals surface area (Å²) in [5.74, 6) is 0.485. The fourth-order valence-electron chi connectivity index (χ4n) is 1.37. The van der Waals surface area contributed by atoms with E-state index in [9.17, 15) is 4.79 Å². The molecule has 18 heavy (non-hydrogen) atoms. The molecule has 0 fully saturated rings. The van der Waals surface area contributed by atoms with Crippen LogP contribution in [0.3, 0.4) is 0 Å². The molecule has 1 amide bonds. The molecule has 0 unspecified atom stereocenters. The van der Waals surface area contributed by atoms with Crippen LogP contribution in [0.15, 0.2) is 29.0 Å². The highest BCUT2D eigenvalue weighted by atomic mass is 79.9. The number of rotatable bonds is 3. The van der Waals surface area contributed by atoms with Crippen LogP contribution in [0.25, 0.3) is 0 Å². The number of hydrogen-bond acceptors (Lipinski definition) is 3. The minimum absolute atomic E-state index is 0.201. The third-order valence-corrected chi connectivity index (χ3v) is 3.63. The molecule has 0 radical (unpaired) electrons. The van der Waals surface area contributed by atoms with Gasteiger partial charge in [-0.15, -0.1) is 10.2 Å². The number of nitrogens with one attached hydrogen (secondary N) is 1. The fourth-order valence-corrected chi connectivity index (χ4v) is 1.79. The predicted octanol–water partition coefficient (Wildman–Crippen LogP) is 2.16. The molecule has 2 aromatic rings. The Morgan fingerprint density at radius 3 is 2.94 bits per heavy atom. The van der Waals surface area contributed by atoms with E-state index >= 15 is 0 Å². The lowest BCUT2D eigenvalue weighted by Crippen LogP contribution is -2.24. The van der Waals surface area contributed by atoms with Crippen LogP contribution in [0.4, 0.5) is 0 Å². The number of carbonyl (C=O) groups excluding carboxylic acids is 1. The number of aryl methyl sites for hydroxylation is 1. The molecule has 0 atom stereocenters. The lowest BCUT2D eigenvalue weighted by Gasteiger charge is -2.05. The molecule has 0 aliphatic rings. The van der Waals surface area contributed by atoms with Crippen LogP contribution in [0.1, 0.15) is 16.2 Å². The zero-order valence-corrected chi connectivity index (χ0v) is 11.9. The highest BCUT2D eigenvalue weighted by molar-refractivity contribution is 9.10. The second-order valence-electron chi connectivity index (χ2n) is 3.67. The van der Waals surface area contributed by atoms with Gasteiger partial charge in [0.25, 0.3) is 5.91 Å². The molecule has 7 heteroatoms. The molecular weight excluding hydrogens is 320 g/mol. The average molecular weight is 330 g/mol. The lowest BCUT2D eigenvalue weighted by atomic mass is 10.2. The third-order valence-electron chi connectivity index (χ3n) is 2.39. The molecule has 0 bridgehead atoms. The summed E-state index contributed by atoms with van der Waals surface area (Å²) >= 11 is 9.20. The maximum Gasteiger partial charge on any atom is 0.251 e. The first-order chi connectivity index (χ1) is 8.58. The Morgan fingerprint density at radius 1 is 1.56 bits per heavy atom. The Bertz CT molecular complexity index is 584. The zero-order valence-electron chi connectivity index (χ0n) is 9.52. The second-order valence-corrected chi connectivity index (χ2v) is 4.93. The van der Waals surface area contributed by atoms with E-state index in [4.69, 9.17) is 11.6 Å². The van der Waals surface area contributed by atoms with Gasteiger partial charge in [0.2, 0.25) is 0 Å². The second kappa shape index (κ2) is 5.49. The molecule has 94 valence electrons. The Labute approximate surface area is 117 Å². The van der Waals surface area contributed by atoms with Gasteiger partial charge in [-0.2, -0.15) is 0 Å². The molecule has 1 N–H and O–H groups in total. The maximum atomic E-state index is 11.9. The van der Waals surface area contributed by atoms with Gasteiger partial charge in [0, 0.05) is 17.1 Å². The largest absolute Gasteiger partial charge is 0.345 e. The Balaban J connectivity index is 2.04. The van der Waals surface area contributed by atoms with Crippen LogP contribution in [0.5, 0.6) is 0 Å². The molecular formula is C11H10BrClN4O. The number of carbonyl (C=O) groups is 1. The van der Waals surface area contributed by atoms with Crippen molar-refractivity contribution in [2.75, 3.05) is 0 Å². The van der Waals surface area contributed by atoms with E-state index in [1.54, 1.807) is 29.1 Å². The first-order valence-electron chi connectivity index (χ1n) is 5.14. The Hall–Kier alpha value is -1.40. The summed E-state index contributed by atoms with van der Waals surface area (Å²) < 4.78 is 2.50. The van der Waals surface area contributed by atoms with Crippen molar-refractivity contribution >= 4 is 33.4 Å². The van der Waals surface area contributed by atoms with Gasteiger partial charge in [-0.3, -0.25) is 4.79 Å². The van der Waals surface area contributed by atoms with Crippen molar-refractivity contribution in [3.63, 3.8) is 0 Å². The first-order valence-corrected chi connectivity index (χ1v) is 6.31. The monoisotopic (exact) mass is 328 g/mol. The number of amides is 1. The minimum atomic E-state index is -0.201. The maximum absolute atomic E-state index is 11.9. The molecule has 0 aliphatic carbocycles. The predicted molar refractivity (Wildman–Crippen MR) is 71.3 cm³/mol. The van der Waals surface area contributed by atoms with Crippen molar-refractivity contribution in [1.82, 2.24) is 20.1 Å². The molecule has 0 saturated carbocycles. The van der Waals surface area contributed by atoms with Gasteiger partial charge in [0.05, 0.1) is 11.6 Å². The smallest absolute Gasteiger partial charge is 0.251 e. The third kappa shape index (κ3) is 2.88. The SMILES string of the molecule is Cn1cnnc1CNC(=O)c1ccc(Br)c(Cl)c1. The van der Waals surface area contributed by atoms with E-state index < -0.39 is 0 Å². The standard InChI is InChI=1S/C11H10BrClN4O/c1-17-6-15-16-10(17)5-14-11(18)7-2-3-8(12)9(13)4-7/h2-4,6H,5H2,1H3,(H,14,18). The quantitative estimate of drug-likeness (QED) is 0.939. The fraction of sp³-hybridized carbons (Fsp3) is 0.182. The zero-order chi connectivity index (χ0) is 13.1. The topological polar surface area (TPSA) is 59.8 Å². The van der Waals surface area contributed by atoms with Crippen molar-refractivity contribution in [2.24, 2.45) is 7.05 Å². The van der Waals surface area contributed by atoms with Crippen molar-refractivity contribution in [3.8, 4) is 0 Å². The van der Waals surface area contributed by atoms with Gasteiger partial charge in [-0.1, -0.05) is 11.6 Å². The molecule has 0 saturated heterocycles. The molecule has 1 heterocycles. The summed E-state index contributed by atoms with van der Waals surface area (Å²) in [4.78, 5) is 11.9. The normalized spacial score (nSPS) is 10.4. The van der Waals surface area contributed by atoms with Crippen LogP contribution >= 0.6 is 27.5 Å². The highest BCUT2D eigenvalue weighted by Gasteiger charge is 2.09. The van der Waals surface area contributed by atoms with Crippen molar-refractivity contribution in [3.05, 3.63) is 45.4 Å². The van der Waals surface area contributed by atoms with Crippen molar-refractivity contribution in [2.45, 2.75) is 6.54 Å². The molecule has 1 aromatic heterocycles.